The molecule has 1 aromatic carbocycles. The highest BCUT2D eigenvalue weighted by atomic mass is 32.2. The van der Waals surface area contributed by atoms with Crippen LogP contribution in [-0.2, 0) is 10.2 Å². The van der Waals surface area contributed by atoms with E-state index in [0.717, 1.165) is 6.42 Å². The highest BCUT2D eigenvalue weighted by molar-refractivity contribution is 7.86. The topological polar surface area (TPSA) is 79.0 Å². The summed E-state index contributed by atoms with van der Waals surface area (Å²) in [5.41, 5.74) is 1.51. The zero-order valence-electron chi connectivity index (χ0n) is 18.8. The Balaban J connectivity index is 1.83. The molecule has 2 aliphatic rings. The third kappa shape index (κ3) is 4.86. The Morgan fingerprint density at radius 1 is 1.26 bits per heavy atom. The molecule has 1 N–H and O–H groups in total. The molecule has 1 fully saturated rings. The fourth-order valence-corrected chi connectivity index (χ4v) is 5.67. The summed E-state index contributed by atoms with van der Waals surface area (Å²) in [6, 6.07) is 7.16. The van der Waals surface area contributed by atoms with Crippen LogP contribution >= 0.6 is 0 Å². The molecule has 31 heavy (non-hydrogen) atoms. The molecule has 1 aliphatic carbocycles. The summed E-state index contributed by atoms with van der Waals surface area (Å²) in [5, 5.41) is 3.12. The molecule has 1 heterocycles. The first-order valence-electron chi connectivity index (χ1n) is 10.7. The number of carbonyl (C=O) groups excluding carboxylic acids is 1. The van der Waals surface area contributed by atoms with Gasteiger partial charge in [0.1, 0.15) is 5.75 Å². The number of carbonyl (C=O) groups is 1. The predicted octanol–water partition coefficient (Wildman–Crippen LogP) is 2.84. The van der Waals surface area contributed by atoms with E-state index in [1.54, 1.807) is 33.3 Å². The second kappa shape index (κ2) is 9.54. The van der Waals surface area contributed by atoms with Crippen LogP contribution in [0.4, 0.5) is 0 Å². The lowest BCUT2D eigenvalue weighted by Crippen LogP contribution is -2.51. The fraction of sp³-hybridized carbons (Fsp3) is 0.522. The van der Waals surface area contributed by atoms with Crippen molar-refractivity contribution in [1.29, 1.82) is 0 Å². The molecule has 1 aromatic rings. The second-order valence-corrected chi connectivity index (χ2v) is 10.7. The van der Waals surface area contributed by atoms with Crippen molar-refractivity contribution in [3.63, 3.8) is 0 Å². The predicted molar refractivity (Wildman–Crippen MR) is 122 cm³/mol. The lowest BCUT2D eigenvalue weighted by Gasteiger charge is -2.45. The van der Waals surface area contributed by atoms with Crippen molar-refractivity contribution in [3.05, 3.63) is 53.6 Å². The largest absolute Gasteiger partial charge is 0.496 e. The lowest BCUT2D eigenvalue weighted by molar-refractivity contribution is 0.0909. The van der Waals surface area contributed by atoms with Gasteiger partial charge in [0, 0.05) is 39.1 Å². The highest BCUT2D eigenvalue weighted by Gasteiger charge is 2.42. The van der Waals surface area contributed by atoms with E-state index >= 15 is 0 Å². The zero-order chi connectivity index (χ0) is 22.6. The molecular weight excluding hydrogens is 414 g/mol. The normalized spacial score (nSPS) is 21.6. The third-order valence-electron chi connectivity index (χ3n) is 6.45. The van der Waals surface area contributed by atoms with E-state index in [9.17, 15) is 13.2 Å². The van der Waals surface area contributed by atoms with E-state index in [1.165, 1.54) is 14.2 Å². The van der Waals surface area contributed by atoms with E-state index < -0.39 is 10.2 Å². The number of allylic oxidation sites excluding steroid dienone is 3. The van der Waals surface area contributed by atoms with E-state index in [0.29, 0.717) is 49.7 Å². The number of nitrogens with one attached hydrogen (secondary N) is 1. The van der Waals surface area contributed by atoms with E-state index in [-0.39, 0.29) is 11.3 Å². The number of ether oxygens (including phenoxy) is 1. The number of rotatable bonds is 7. The minimum Gasteiger partial charge on any atom is -0.496 e. The van der Waals surface area contributed by atoms with Crippen LogP contribution in [0.3, 0.4) is 0 Å². The average Bonchev–Trinajstić information content (AvgIpc) is 2.78. The maximum atomic E-state index is 12.9. The molecule has 7 nitrogen and oxygen atoms in total. The van der Waals surface area contributed by atoms with Gasteiger partial charge in [0.25, 0.3) is 16.1 Å². The van der Waals surface area contributed by atoms with Crippen LogP contribution < -0.4 is 10.1 Å². The van der Waals surface area contributed by atoms with Gasteiger partial charge in [-0.25, -0.2) is 0 Å². The maximum absolute atomic E-state index is 12.9. The molecule has 1 saturated heterocycles. The van der Waals surface area contributed by atoms with Gasteiger partial charge in [0.2, 0.25) is 0 Å². The molecule has 0 saturated carbocycles. The number of para-hydroxylation sites is 1. The number of benzene rings is 1. The maximum Gasteiger partial charge on any atom is 0.281 e. The molecule has 1 atom stereocenters. The molecule has 1 amide bonds. The standard InChI is InChI=1S/C23H33N3O4S/c1-18-9-5-7-11-20(18)23(13-15-26(16-14-23)31(28,29)25(2)3)17-24-22(27)19-10-6-8-12-21(19)30-4/h5-8,10-12,18H,9,13-17H2,1-4H3,(H,24,27). The van der Waals surface area contributed by atoms with Crippen molar-refractivity contribution >= 4 is 16.1 Å². The van der Waals surface area contributed by atoms with Crippen molar-refractivity contribution in [3.8, 4) is 5.75 Å². The van der Waals surface area contributed by atoms with Crippen LogP contribution in [0, 0.1) is 11.3 Å². The Morgan fingerprint density at radius 2 is 1.94 bits per heavy atom. The number of nitrogens with zero attached hydrogens (tertiary/aromatic N) is 2. The number of piperidine rings is 1. The van der Waals surface area contributed by atoms with Gasteiger partial charge in [-0.2, -0.15) is 17.0 Å². The Bertz CT molecular complexity index is 961. The van der Waals surface area contributed by atoms with Crippen molar-refractivity contribution in [2.75, 3.05) is 40.8 Å². The number of hydrogen-bond donors (Lipinski definition) is 1. The van der Waals surface area contributed by atoms with Crippen LogP contribution in [-0.4, -0.2) is 63.8 Å². The number of hydrogen-bond acceptors (Lipinski definition) is 4. The lowest BCUT2D eigenvalue weighted by atomic mass is 9.67. The molecule has 0 spiro atoms. The SMILES string of the molecule is COc1ccccc1C(=O)NCC1(C2=CC=CCC2C)CCN(S(=O)(=O)N(C)C)CC1. The Morgan fingerprint density at radius 3 is 2.55 bits per heavy atom. The summed E-state index contributed by atoms with van der Waals surface area (Å²) in [6.45, 7) is 3.52. The first-order valence-corrected chi connectivity index (χ1v) is 12.1. The number of amides is 1. The van der Waals surface area contributed by atoms with Crippen LogP contribution in [0.25, 0.3) is 0 Å². The summed E-state index contributed by atoms with van der Waals surface area (Å²) in [6.07, 6.45) is 8.66. The van der Waals surface area contributed by atoms with Gasteiger partial charge < -0.3 is 10.1 Å². The van der Waals surface area contributed by atoms with Gasteiger partial charge in [-0.3, -0.25) is 4.79 Å². The van der Waals surface area contributed by atoms with E-state index in [2.05, 4.69) is 30.5 Å². The van der Waals surface area contributed by atoms with Gasteiger partial charge in [-0.05, 0) is 37.3 Å². The van der Waals surface area contributed by atoms with Gasteiger partial charge in [0.15, 0.2) is 0 Å². The van der Waals surface area contributed by atoms with E-state index in [1.807, 2.05) is 12.1 Å². The highest BCUT2D eigenvalue weighted by Crippen LogP contribution is 2.44. The third-order valence-corrected chi connectivity index (χ3v) is 8.39. The number of methoxy groups -OCH3 is 1. The van der Waals surface area contributed by atoms with Crippen LogP contribution in [0.1, 0.15) is 36.5 Å². The smallest absolute Gasteiger partial charge is 0.281 e. The van der Waals surface area contributed by atoms with Gasteiger partial charge >= 0.3 is 0 Å². The van der Waals surface area contributed by atoms with Crippen LogP contribution in [0.5, 0.6) is 5.75 Å². The van der Waals surface area contributed by atoms with Crippen molar-refractivity contribution in [2.45, 2.75) is 26.2 Å². The molecular formula is C23H33N3O4S. The monoisotopic (exact) mass is 447 g/mol. The van der Waals surface area contributed by atoms with Gasteiger partial charge in [-0.15, -0.1) is 0 Å². The Hall–Kier alpha value is -2.16. The summed E-state index contributed by atoms with van der Waals surface area (Å²) in [4.78, 5) is 12.9. The Kier molecular flexibility index (Phi) is 7.24. The minimum absolute atomic E-state index is 0.181. The minimum atomic E-state index is -3.45. The zero-order valence-corrected chi connectivity index (χ0v) is 19.6. The molecule has 1 unspecified atom stereocenters. The quantitative estimate of drug-likeness (QED) is 0.697. The van der Waals surface area contributed by atoms with Crippen molar-refractivity contribution in [1.82, 2.24) is 13.9 Å². The van der Waals surface area contributed by atoms with Gasteiger partial charge in [0.05, 0.1) is 12.7 Å². The van der Waals surface area contributed by atoms with Crippen molar-refractivity contribution < 1.29 is 17.9 Å². The molecule has 8 heteroatoms. The molecule has 0 bridgehead atoms. The molecule has 0 radical (unpaired) electrons. The van der Waals surface area contributed by atoms with Crippen molar-refractivity contribution in [2.24, 2.45) is 11.3 Å². The molecule has 3 rings (SSSR count). The molecule has 170 valence electrons. The summed E-state index contributed by atoms with van der Waals surface area (Å²) < 4.78 is 33.3. The van der Waals surface area contributed by atoms with Crippen LogP contribution in [0.15, 0.2) is 48.1 Å². The summed E-state index contributed by atoms with van der Waals surface area (Å²) in [7, 11) is 1.22. The molecule has 0 aromatic heterocycles. The first-order chi connectivity index (χ1) is 14.7. The summed E-state index contributed by atoms with van der Waals surface area (Å²) >= 11 is 0. The fourth-order valence-electron chi connectivity index (χ4n) is 4.57. The second-order valence-electron chi connectivity index (χ2n) is 8.54. The van der Waals surface area contributed by atoms with Gasteiger partial charge in [-0.1, -0.05) is 42.9 Å². The molecule has 1 aliphatic heterocycles. The first kappa shape index (κ1) is 23.5. The van der Waals surface area contributed by atoms with Crippen LogP contribution in [0.2, 0.25) is 0 Å². The average molecular weight is 448 g/mol. The summed E-state index contributed by atoms with van der Waals surface area (Å²) in [5.74, 6) is 0.707. The van der Waals surface area contributed by atoms with E-state index in [4.69, 9.17) is 4.74 Å². The Labute approximate surface area is 185 Å².